The normalized spacial score (nSPS) is 13.5. The lowest BCUT2D eigenvalue weighted by Gasteiger charge is -2.09. The minimum atomic E-state index is -3.56. The molecule has 0 aromatic carbocycles. The standard InChI is InChI=1S/C13H19N3O3S2/c1-4-14-8-11-5-6-12(20-11)21(17,18)16-10(3)13-15-7-9(2)19-13/h5-7,10,14,16H,4,8H2,1-3H3. The number of rotatable bonds is 7. The Kier molecular flexibility index (Phi) is 5.15. The van der Waals surface area contributed by atoms with E-state index in [4.69, 9.17) is 4.42 Å². The van der Waals surface area contributed by atoms with Gasteiger partial charge in [-0.1, -0.05) is 6.92 Å². The van der Waals surface area contributed by atoms with Crippen LogP contribution in [0.1, 0.15) is 36.4 Å². The van der Waals surface area contributed by atoms with E-state index in [-0.39, 0.29) is 0 Å². The van der Waals surface area contributed by atoms with Gasteiger partial charge >= 0.3 is 0 Å². The van der Waals surface area contributed by atoms with Crippen molar-refractivity contribution >= 4 is 21.4 Å². The Morgan fingerprint density at radius 3 is 2.81 bits per heavy atom. The Morgan fingerprint density at radius 1 is 1.43 bits per heavy atom. The Morgan fingerprint density at radius 2 is 2.19 bits per heavy atom. The van der Waals surface area contributed by atoms with Crippen LogP contribution < -0.4 is 10.0 Å². The number of nitrogens with one attached hydrogen (secondary N) is 2. The van der Waals surface area contributed by atoms with E-state index >= 15 is 0 Å². The molecule has 0 amide bonds. The van der Waals surface area contributed by atoms with Crippen molar-refractivity contribution in [2.24, 2.45) is 0 Å². The van der Waals surface area contributed by atoms with Crippen LogP contribution in [0, 0.1) is 6.92 Å². The van der Waals surface area contributed by atoms with E-state index in [1.54, 1.807) is 26.1 Å². The van der Waals surface area contributed by atoms with Crippen LogP contribution in [0.2, 0.25) is 0 Å². The van der Waals surface area contributed by atoms with Crippen LogP contribution in [-0.4, -0.2) is 19.9 Å². The Bertz CT molecular complexity index is 691. The second-order valence-corrected chi connectivity index (χ2v) is 7.76. The van der Waals surface area contributed by atoms with Gasteiger partial charge in [-0.25, -0.2) is 13.4 Å². The van der Waals surface area contributed by atoms with Crippen molar-refractivity contribution in [3.8, 4) is 0 Å². The molecule has 2 aromatic heterocycles. The highest BCUT2D eigenvalue weighted by Crippen LogP contribution is 2.23. The number of nitrogens with zero attached hydrogens (tertiary/aromatic N) is 1. The van der Waals surface area contributed by atoms with Gasteiger partial charge in [-0.05, 0) is 32.5 Å². The van der Waals surface area contributed by atoms with Crippen LogP contribution in [0.3, 0.4) is 0 Å². The van der Waals surface area contributed by atoms with Gasteiger partial charge in [0.25, 0.3) is 10.0 Å². The summed E-state index contributed by atoms with van der Waals surface area (Å²) in [5, 5.41) is 3.17. The first kappa shape index (κ1) is 16.2. The number of hydrogen-bond acceptors (Lipinski definition) is 6. The summed E-state index contributed by atoms with van der Waals surface area (Å²) in [6.07, 6.45) is 1.57. The predicted molar refractivity (Wildman–Crippen MR) is 81.7 cm³/mol. The van der Waals surface area contributed by atoms with Crippen molar-refractivity contribution in [1.29, 1.82) is 0 Å². The molecule has 116 valence electrons. The molecule has 1 unspecified atom stereocenters. The molecule has 21 heavy (non-hydrogen) atoms. The summed E-state index contributed by atoms with van der Waals surface area (Å²) in [6.45, 7) is 7.00. The molecular formula is C13H19N3O3S2. The van der Waals surface area contributed by atoms with E-state index in [1.165, 1.54) is 11.3 Å². The molecule has 0 aliphatic rings. The maximum atomic E-state index is 12.3. The zero-order valence-corrected chi connectivity index (χ0v) is 13.8. The van der Waals surface area contributed by atoms with Gasteiger partial charge in [0.05, 0.1) is 12.2 Å². The molecule has 0 saturated carbocycles. The SMILES string of the molecule is CCNCc1ccc(S(=O)(=O)NC(C)c2ncc(C)o2)s1. The van der Waals surface area contributed by atoms with E-state index in [2.05, 4.69) is 15.0 Å². The van der Waals surface area contributed by atoms with Crippen molar-refractivity contribution in [1.82, 2.24) is 15.0 Å². The lowest BCUT2D eigenvalue weighted by atomic mass is 10.4. The highest BCUT2D eigenvalue weighted by atomic mass is 32.2. The van der Waals surface area contributed by atoms with Crippen LogP contribution in [0.5, 0.6) is 0 Å². The molecule has 0 fully saturated rings. The number of hydrogen-bond donors (Lipinski definition) is 2. The minimum Gasteiger partial charge on any atom is -0.444 e. The first-order valence-electron chi connectivity index (χ1n) is 6.66. The highest BCUT2D eigenvalue weighted by Gasteiger charge is 2.22. The van der Waals surface area contributed by atoms with Crippen molar-refractivity contribution in [3.05, 3.63) is 34.9 Å². The summed E-state index contributed by atoms with van der Waals surface area (Å²) in [4.78, 5) is 5.02. The third-order valence-corrected chi connectivity index (χ3v) is 5.91. The zero-order chi connectivity index (χ0) is 15.5. The van der Waals surface area contributed by atoms with Gasteiger partial charge in [-0.2, -0.15) is 4.72 Å². The third kappa shape index (κ3) is 4.13. The predicted octanol–water partition coefficient (Wildman–Crippen LogP) is 2.19. The fourth-order valence-electron chi connectivity index (χ4n) is 1.76. The second kappa shape index (κ2) is 6.69. The molecule has 0 spiro atoms. The lowest BCUT2D eigenvalue weighted by Crippen LogP contribution is -2.26. The average Bonchev–Trinajstić information content (AvgIpc) is 3.05. The van der Waals surface area contributed by atoms with E-state index in [0.717, 1.165) is 11.4 Å². The number of sulfonamides is 1. The zero-order valence-electron chi connectivity index (χ0n) is 12.2. The van der Waals surface area contributed by atoms with Gasteiger partial charge in [0.2, 0.25) is 5.89 Å². The fourth-order valence-corrected chi connectivity index (χ4v) is 4.30. The molecular weight excluding hydrogens is 310 g/mol. The van der Waals surface area contributed by atoms with Gasteiger partial charge in [0, 0.05) is 11.4 Å². The summed E-state index contributed by atoms with van der Waals surface area (Å²) in [5.41, 5.74) is 0. The summed E-state index contributed by atoms with van der Waals surface area (Å²) >= 11 is 1.26. The molecule has 1 atom stereocenters. The quantitative estimate of drug-likeness (QED) is 0.813. The first-order valence-corrected chi connectivity index (χ1v) is 8.96. The maximum Gasteiger partial charge on any atom is 0.250 e. The molecule has 0 bridgehead atoms. The van der Waals surface area contributed by atoms with Gasteiger partial charge in [-0.3, -0.25) is 0 Å². The van der Waals surface area contributed by atoms with E-state index in [1.807, 2.05) is 13.0 Å². The Balaban J connectivity index is 2.09. The minimum absolute atomic E-state index is 0.297. The van der Waals surface area contributed by atoms with Gasteiger partial charge < -0.3 is 9.73 Å². The lowest BCUT2D eigenvalue weighted by molar-refractivity contribution is 0.428. The summed E-state index contributed by atoms with van der Waals surface area (Å²) in [6, 6.07) is 2.93. The average molecular weight is 329 g/mol. The first-order chi connectivity index (χ1) is 9.92. The van der Waals surface area contributed by atoms with Crippen LogP contribution in [0.15, 0.2) is 27.0 Å². The third-order valence-electron chi connectivity index (χ3n) is 2.79. The molecule has 0 saturated heterocycles. The fraction of sp³-hybridized carbons (Fsp3) is 0.462. The van der Waals surface area contributed by atoms with Crippen LogP contribution in [-0.2, 0) is 16.6 Å². The summed E-state index contributed by atoms with van der Waals surface area (Å²) in [7, 11) is -3.56. The molecule has 2 heterocycles. The number of thiophene rings is 1. The molecule has 2 aromatic rings. The van der Waals surface area contributed by atoms with Crippen LogP contribution in [0.25, 0.3) is 0 Å². The van der Waals surface area contributed by atoms with E-state index in [0.29, 0.717) is 22.4 Å². The monoisotopic (exact) mass is 329 g/mol. The van der Waals surface area contributed by atoms with Crippen molar-refractivity contribution in [2.45, 2.75) is 37.6 Å². The van der Waals surface area contributed by atoms with E-state index < -0.39 is 16.1 Å². The molecule has 6 nitrogen and oxygen atoms in total. The summed E-state index contributed by atoms with van der Waals surface area (Å²) < 4.78 is 32.9. The molecule has 0 aliphatic heterocycles. The molecule has 0 radical (unpaired) electrons. The molecule has 2 N–H and O–H groups in total. The van der Waals surface area contributed by atoms with Crippen molar-refractivity contribution < 1.29 is 12.8 Å². The number of oxazole rings is 1. The highest BCUT2D eigenvalue weighted by molar-refractivity contribution is 7.91. The second-order valence-electron chi connectivity index (χ2n) is 4.65. The summed E-state index contributed by atoms with van der Waals surface area (Å²) in [5.74, 6) is 1.01. The van der Waals surface area contributed by atoms with Gasteiger partial charge in [0.1, 0.15) is 9.97 Å². The van der Waals surface area contributed by atoms with E-state index in [9.17, 15) is 8.42 Å². The maximum absolute atomic E-state index is 12.3. The topological polar surface area (TPSA) is 84.2 Å². The molecule has 0 aliphatic carbocycles. The number of aryl methyl sites for hydroxylation is 1. The van der Waals surface area contributed by atoms with Gasteiger partial charge in [-0.15, -0.1) is 11.3 Å². The van der Waals surface area contributed by atoms with Crippen molar-refractivity contribution in [2.75, 3.05) is 6.54 Å². The Labute approximate surface area is 128 Å². The molecule has 2 rings (SSSR count). The van der Waals surface area contributed by atoms with Crippen LogP contribution in [0.4, 0.5) is 0 Å². The Hall–Kier alpha value is -1.22. The largest absolute Gasteiger partial charge is 0.444 e. The van der Waals surface area contributed by atoms with Crippen molar-refractivity contribution in [3.63, 3.8) is 0 Å². The molecule has 8 heteroatoms. The van der Waals surface area contributed by atoms with Crippen LogP contribution >= 0.6 is 11.3 Å². The smallest absolute Gasteiger partial charge is 0.250 e. The van der Waals surface area contributed by atoms with Gasteiger partial charge in [0.15, 0.2) is 0 Å². The number of aromatic nitrogens is 1.